The third-order valence-corrected chi connectivity index (χ3v) is 1.84. The van der Waals surface area contributed by atoms with Crippen LogP contribution in [0.15, 0.2) is 0 Å². The molecule has 0 heterocycles. The molecular weight excluding hydrogens is 138 g/mol. The zero-order valence-corrected chi connectivity index (χ0v) is 8.03. The zero-order valence-electron chi connectivity index (χ0n) is 8.03. The number of rotatable bonds is 5. The van der Waals surface area contributed by atoms with Crippen molar-refractivity contribution in [1.29, 1.82) is 0 Å². The van der Waals surface area contributed by atoms with Gasteiger partial charge in [0.05, 0.1) is 0 Å². The van der Waals surface area contributed by atoms with E-state index in [1.807, 2.05) is 27.8 Å². The summed E-state index contributed by atoms with van der Waals surface area (Å²) in [6.07, 6.45) is 2.31. The second-order valence-electron chi connectivity index (χ2n) is 3.60. The van der Waals surface area contributed by atoms with Crippen molar-refractivity contribution in [2.24, 2.45) is 0 Å². The van der Waals surface area contributed by atoms with Crippen LogP contribution in [0.3, 0.4) is 0 Å². The van der Waals surface area contributed by atoms with Crippen LogP contribution in [0.25, 0.3) is 0 Å². The average molecular weight is 157 g/mol. The maximum atomic E-state index is 11.2. The van der Waals surface area contributed by atoms with Crippen molar-refractivity contribution in [3.8, 4) is 0 Å². The lowest BCUT2D eigenvalue weighted by atomic mass is 9.96. The van der Waals surface area contributed by atoms with Gasteiger partial charge < -0.3 is 5.32 Å². The van der Waals surface area contributed by atoms with E-state index in [0.717, 1.165) is 6.42 Å². The summed E-state index contributed by atoms with van der Waals surface area (Å²) in [5.74, 6) is 0.354. The Morgan fingerprint density at radius 3 is 2.36 bits per heavy atom. The van der Waals surface area contributed by atoms with Crippen molar-refractivity contribution in [3.05, 3.63) is 0 Å². The molecule has 0 aromatic rings. The van der Waals surface area contributed by atoms with Gasteiger partial charge in [-0.05, 0) is 27.3 Å². The highest BCUT2D eigenvalue weighted by atomic mass is 16.1. The highest BCUT2D eigenvalue weighted by Gasteiger charge is 2.18. The first-order chi connectivity index (χ1) is 5.02. The van der Waals surface area contributed by atoms with E-state index in [9.17, 15) is 4.79 Å². The van der Waals surface area contributed by atoms with E-state index in [0.29, 0.717) is 18.6 Å². The van der Waals surface area contributed by atoms with E-state index in [1.54, 1.807) is 0 Å². The first-order valence-corrected chi connectivity index (χ1v) is 4.22. The van der Waals surface area contributed by atoms with Crippen LogP contribution in [-0.2, 0) is 4.79 Å². The lowest BCUT2D eigenvalue weighted by molar-refractivity contribution is -0.120. The first kappa shape index (κ1) is 10.6. The molecule has 0 saturated carbocycles. The molecule has 0 atom stereocenters. The van der Waals surface area contributed by atoms with E-state index in [1.165, 1.54) is 0 Å². The van der Waals surface area contributed by atoms with Gasteiger partial charge >= 0.3 is 0 Å². The molecular formula is C9H19NO. The van der Waals surface area contributed by atoms with Gasteiger partial charge in [0.15, 0.2) is 0 Å². The molecule has 0 saturated heterocycles. The first-order valence-electron chi connectivity index (χ1n) is 4.22. The van der Waals surface area contributed by atoms with Crippen molar-refractivity contribution in [2.75, 3.05) is 7.05 Å². The fourth-order valence-corrected chi connectivity index (χ4v) is 0.949. The predicted molar refractivity (Wildman–Crippen MR) is 47.7 cm³/mol. The molecule has 66 valence electrons. The lowest BCUT2D eigenvalue weighted by Gasteiger charge is -2.22. The van der Waals surface area contributed by atoms with Crippen LogP contribution in [0, 0.1) is 0 Å². The maximum absolute atomic E-state index is 11.2. The summed E-state index contributed by atoms with van der Waals surface area (Å²) >= 11 is 0. The molecule has 0 radical (unpaired) electrons. The quantitative estimate of drug-likeness (QED) is 0.658. The summed E-state index contributed by atoms with van der Waals surface area (Å²) in [6.45, 7) is 6.12. The van der Waals surface area contributed by atoms with Crippen LogP contribution in [0.2, 0.25) is 0 Å². The van der Waals surface area contributed by atoms with Gasteiger partial charge in [0.2, 0.25) is 0 Å². The highest BCUT2D eigenvalue weighted by molar-refractivity contribution is 5.79. The lowest BCUT2D eigenvalue weighted by Crippen LogP contribution is -2.38. The highest BCUT2D eigenvalue weighted by Crippen LogP contribution is 2.09. The molecule has 0 spiro atoms. The molecule has 0 bridgehead atoms. The van der Waals surface area contributed by atoms with Gasteiger partial charge in [-0.15, -0.1) is 0 Å². The summed E-state index contributed by atoms with van der Waals surface area (Å²) < 4.78 is 0. The Morgan fingerprint density at radius 1 is 1.45 bits per heavy atom. The second-order valence-corrected chi connectivity index (χ2v) is 3.60. The van der Waals surface area contributed by atoms with Crippen molar-refractivity contribution < 1.29 is 4.79 Å². The Bertz CT molecular complexity index is 130. The topological polar surface area (TPSA) is 29.1 Å². The third-order valence-electron chi connectivity index (χ3n) is 1.84. The zero-order chi connectivity index (χ0) is 8.91. The fourth-order valence-electron chi connectivity index (χ4n) is 0.949. The summed E-state index contributed by atoms with van der Waals surface area (Å²) in [5, 5.41) is 3.11. The van der Waals surface area contributed by atoms with E-state index >= 15 is 0 Å². The minimum absolute atomic E-state index is 0.0355. The van der Waals surface area contributed by atoms with Crippen LogP contribution < -0.4 is 5.32 Å². The van der Waals surface area contributed by atoms with Gasteiger partial charge in [0.25, 0.3) is 0 Å². The molecule has 0 aliphatic heterocycles. The second kappa shape index (κ2) is 4.50. The Balaban J connectivity index is 3.74. The van der Waals surface area contributed by atoms with Crippen molar-refractivity contribution >= 4 is 5.78 Å². The van der Waals surface area contributed by atoms with E-state index in [-0.39, 0.29) is 5.54 Å². The van der Waals surface area contributed by atoms with Crippen LogP contribution in [-0.4, -0.2) is 18.4 Å². The van der Waals surface area contributed by atoms with Crippen LogP contribution in [0.4, 0.5) is 0 Å². The number of ketones is 1. The molecule has 0 aliphatic carbocycles. The number of carbonyl (C=O) groups is 1. The summed E-state index contributed by atoms with van der Waals surface area (Å²) in [7, 11) is 1.89. The normalized spacial score (nSPS) is 11.6. The molecule has 0 aliphatic rings. The predicted octanol–water partition coefficient (Wildman–Crippen LogP) is 1.74. The fraction of sp³-hybridized carbons (Fsp3) is 0.889. The van der Waals surface area contributed by atoms with E-state index in [2.05, 4.69) is 5.32 Å². The Hall–Kier alpha value is -0.370. The van der Waals surface area contributed by atoms with E-state index in [4.69, 9.17) is 0 Å². The molecule has 11 heavy (non-hydrogen) atoms. The van der Waals surface area contributed by atoms with Crippen LogP contribution >= 0.6 is 0 Å². The molecule has 2 heteroatoms. The number of hydrogen-bond donors (Lipinski definition) is 1. The minimum Gasteiger partial charge on any atom is -0.314 e. The van der Waals surface area contributed by atoms with Crippen LogP contribution in [0.1, 0.15) is 40.0 Å². The molecule has 0 rings (SSSR count). The number of Topliss-reactive ketones (excluding diaryl/α,β-unsaturated/α-hetero) is 1. The minimum atomic E-state index is -0.0355. The molecule has 0 aromatic heterocycles. The molecule has 0 amide bonds. The number of hydrogen-bond acceptors (Lipinski definition) is 2. The van der Waals surface area contributed by atoms with Gasteiger partial charge in [0, 0.05) is 18.4 Å². The summed E-state index contributed by atoms with van der Waals surface area (Å²) in [5.41, 5.74) is -0.0355. The molecule has 2 nitrogen and oxygen atoms in total. The SMILES string of the molecule is CCCC(=O)CC(C)(C)NC. The summed E-state index contributed by atoms with van der Waals surface area (Å²) in [4.78, 5) is 11.2. The molecule has 0 fully saturated rings. The monoisotopic (exact) mass is 157 g/mol. The Morgan fingerprint density at radius 2 is 2.00 bits per heavy atom. The van der Waals surface area contributed by atoms with Gasteiger partial charge in [-0.1, -0.05) is 6.92 Å². The molecule has 0 unspecified atom stereocenters. The largest absolute Gasteiger partial charge is 0.314 e. The Kier molecular flexibility index (Phi) is 4.34. The standard InChI is InChI=1S/C9H19NO/c1-5-6-8(11)7-9(2,3)10-4/h10H,5-7H2,1-4H3. The maximum Gasteiger partial charge on any atom is 0.134 e. The Labute approximate surface area is 69.4 Å². The summed E-state index contributed by atoms with van der Waals surface area (Å²) in [6, 6.07) is 0. The van der Waals surface area contributed by atoms with Gasteiger partial charge in [-0.25, -0.2) is 0 Å². The van der Waals surface area contributed by atoms with Crippen molar-refractivity contribution in [2.45, 2.75) is 45.6 Å². The van der Waals surface area contributed by atoms with Crippen molar-refractivity contribution in [3.63, 3.8) is 0 Å². The van der Waals surface area contributed by atoms with Gasteiger partial charge in [-0.2, -0.15) is 0 Å². The smallest absolute Gasteiger partial charge is 0.134 e. The number of nitrogens with one attached hydrogen (secondary N) is 1. The number of carbonyl (C=O) groups excluding carboxylic acids is 1. The molecule has 0 aromatic carbocycles. The third kappa shape index (κ3) is 4.96. The van der Waals surface area contributed by atoms with Crippen molar-refractivity contribution in [1.82, 2.24) is 5.32 Å². The van der Waals surface area contributed by atoms with Gasteiger partial charge in [-0.3, -0.25) is 4.79 Å². The molecule has 1 N–H and O–H groups in total. The van der Waals surface area contributed by atoms with Gasteiger partial charge in [0.1, 0.15) is 5.78 Å². The van der Waals surface area contributed by atoms with E-state index < -0.39 is 0 Å². The average Bonchev–Trinajstić information content (AvgIpc) is 1.87. The van der Waals surface area contributed by atoms with Crippen LogP contribution in [0.5, 0.6) is 0 Å².